The monoisotopic (exact) mass is 375 g/mol. The van der Waals surface area contributed by atoms with Crippen LogP contribution in [0.1, 0.15) is 0 Å². The predicted octanol–water partition coefficient (Wildman–Crippen LogP) is 2.71. The van der Waals surface area contributed by atoms with Gasteiger partial charge in [-0.1, -0.05) is 6.07 Å². The van der Waals surface area contributed by atoms with Crippen LogP contribution >= 0.6 is 0 Å². The lowest BCUT2D eigenvalue weighted by atomic mass is 10.2. The molecule has 1 aromatic carbocycles. The molecule has 0 radical (unpaired) electrons. The molecule has 142 valence electrons. The van der Waals surface area contributed by atoms with Crippen molar-refractivity contribution in [3.8, 4) is 11.3 Å². The van der Waals surface area contributed by atoms with Crippen LogP contribution in [0.25, 0.3) is 16.8 Å². The fraction of sp³-hybridized carbons (Fsp3) is 0.250. The van der Waals surface area contributed by atoms with Crippen LogP contribution in [0.4, 0.5) is 17.3 Å². The van der Waals surface area contributed by atoms with E-state index < -0.39 is 0 Å². The second kappa shape index (κ2) is 6.97. The largest absolute Gasteiger partial charge is 0.378 e. The first kappa shape index (κ1) is 16.8. The molecule has 0 aliphatic carbocycles. The maximum Gasteiger partial charge on any atom is 0.245 e. The zero-order chi connectivity index (χ0) is 18.9. The standard InChI is InChI=1S/C20H21N7O/c1-25-14-15(12-22-25)19-6-5-18-13-21-20(24-27(18)19)23-16-3-2-4-17(11-16)26-7-9-28-10-8-26/h2-6,11-14H,7-10H2,1H3,(H,23,24). The van der Waals surface area contributed by atoms with Gasteiger partial charge in [0, 0.05) is 43.3 Å². The zero-order valence-electron chi connectivity index (χ0n) is 15.6. The number of aryl methyl sites for hydroxylation is 1. The third-order valence-electron chi connectivity index (χ3n) is 4.88. The van der Waals surface area contributed by atoms with Crippen LogP contribution in [-0.4, -0.2) is 50.7 Å². The Morgan fingerprint density at radius 3 is 2.79 bits per heavy atom. The average Bonchev–Trinajstić information content (AvgIpc) is 3.34. The molecule has 1 N–H and O–H groups in total. The summed E-state index contributed by atoms with van der Waals surface area (Å²) < 4.78 is 9.11. The Hall–Kier alpha value is -3.39. The average molecular weight is 375 g/mol. The van der Waals surface area contributed by atoms with Crippen molar-refractivity contribution in [3.05, 3.63) is 55.0 Å². The highest BCUT2D eigenvalue weighted by molar-refractivity contribution is 5.66. The quantitative estimate of drug-likeness (QED) is 0.591. The van der Waals surface area contributed by atoms with E-state index in [1.165, 1.54) is 5.69 Å². The van der Waals surface area contributed by atoms with E-state index in [4.69, 9.17) is 4.74 Å². The minimum absolute atomic E-state index is 0.549. The number of fused-ring (bicyclic) bond motifs is 1. The van der Waals surface area contributed by atoms with Crippen LogP contribution < -0.4 is 10.2 Å². The van der Waals surface area contributed by atoms with Crippen molar-refractivity contribution < 1.29 is 4.74 Å². The minimum Gasteiger partial charge on any atom is -0.378 e. The topological polar surface area (TPSA) is 72.5 Å². The molecule has 5 rings (SSSR count). The number of nitrogens with zero attached hydrogens (tertiary/aromatic N) is 6. The van der Waals surface area contributed by atoms with E-state index >= 15 is 0 Å². The van der Waals surface area contributed by atoms with Gasteiger partial charge in [-0.2, -0.15) is 5.10 Å². The van der Waals surface area contributed by atoms with Crippen LogP contribution in [0.5, 0.6) is 0 Å². The molecule has 1 fully saturated rings. The minimum atomic E-state index is 0.549. The van der Waals surface area contributed by atoms with Gasteiger partial charge in [-0.05, 0) is 30.3 Å². The number of anilines is 3. The summed E-state index contributed by atoms with van der Waals surface area (Å²) in [6.45, 7) is 3.35. The predicted molar refractivity (Wildman–Crippen MR) is 108 cm³/mol. The van der Waals surface area contributed by atoms with Gasteiger partial charge in [-0.25, -0.2) is 9.50 Å². The van der Waals surface area contributed by atoms with Crippen molar-refractivity contribution in [2.24, 2.45) is 7.05 Å². The Bertz CT molecular complexity index is 1110. The molecule has 0 amide bonds. The molecule has 0 saturated carbocycles. The molecule has 1 aliphatic rings. The van der Waals surface area contributed by atoms with Crippen molar-refractivity contribution >= 4 is 22.8 Å². The van der Waals surface area contributed by atoms with Crippen LogP contribution in [0.15, 0.2) is 55.0 Å². The molecule has 1 saturated heterocycles. The molecule has 28 heavy (non-hydrogen) atoms. The third kappa shape index (κ3) is 3.18. The lowest BCUT2D eigenvalue weighted by Gasteiger charge is -2.29. The van der Waals surface area contributed by atoms with Gasteiger partial charge < -0.3 is 15.0 Å². The molecule has 8 nitrogen and oxygen atoms in total. The Kier molecular flexibility index (Phi) is 4.17. The maximum atomic E-state index is 5.44. The SMILES string of the molecule is Cn1cc(-c2ccc3cnc(Nc4cccc(N5CCOCC5)c4)nn23)cn1. The fourth-order valence-electron chi connectivity index (χ4n) is 3.46. The van der Waals surface area contributed by atoms with Crippen LogP contribution in [-0.2, 0) is 11.8 Å². The van der Waals surface area contributed by atoms with Gasteiger partial charge in [-0.15, -0.1) is 5.10 Å². The second-order valence-electron chi connectivity index (χ2n) is 6.81. The summed E-state index contributed by atoms with van der Waals surface area (Å²) in [6, 6.07) is 12.3. The van der Waals surface area contributed by atoms with E-state index in [1.54, 1.807) is 4.68 Å². The summed E-state index contributed by atoms with van der Waals surface area (Å²) >= 11 is 0. The fourth-order valence-corrected chi connectivity index (χ4v) is 3.46. The van der Waals surface area contributed by atoms with Gasteiger partial charge in [0.1, 0.15) is 0 Å². The summed E-state index contributed by atoms with van der Waals surface area (Å²) in [5.74, 6) is 0.549. The first-order valence-corrected chi connectivity index (χ1v) is 9.30. The number of hydrogen-bond donors (Lipinski definition) is 1. The lowest BCUT2D eigenvalue weighted by molar-refractivity contribution is 0.122. The summed E-state index contributed by atoms with van der Waals surface area (Å²) in [6.07, 6.45) is 5.63. The number of ether oxygens (including phenoxy) is 1. The normalized spacial score (nSPS) is 14.5. The highest BCUT2D eigenvalue weighted by Gasteiger charge is 2.12. The molecule has 8 heteroatoms. The maximum absolute atomic E-state index is 5.44. The smallest absolute Gasteiger partial charge is 0.245 e. The highest BCUT2D eigenvalue weighted by atomic mass is 16.5. The number of rotatable bonds is 4. The highest BCUT2D eigenvalue weighted by Crippen LogP contribution is 2.24. The summed E-state index contributed by atoms with van der Waals surface area (Å²) in [5, 5.41) is 12.3. The van der Waals surface area contributed by atoms with E-state index in [2.05, 4.69) is 37.5 Å². The molecule has 0 atom stereocenters. The second-order valence-corrected chi connectivity index (χ2v) is 6.81. The summed E-state index contributed by atoms with van der Waals surface area (Å²) in [5.41, 5.74) is 5.06. The Morgan fingerprint density at radius 2 is 1.96 bits per heavy atom. The molecular weight excluding hydrogens is 354 g/mol. The van der Waals surface area contributed by atoms with Gasteiger partial charge in [0.05, 0.1) is 36.8 Å². The molecule has 4 heterocycles. The van der Waals surface area contributed by atoms with Crippen molar-refractivity contribution in [1.82, 2.24) is 24.4 Å². The number of benzene rings is 1. The zero-order valence-corrected chi connectivity index (χ0v) is 15.6. The van der Waals surface area contributed by atoms with Crippen molar-refractivity contribution in [2.75, 3.05) is 36.5 Å². The lowest BCUT2D eigenvalue weighted by Crippen LogP contribution is -2.36. The van der Waals surface area contributed by atoms with Gasteiger partial charge in [0.15, 0.2) is 0 Å². The van der Waals surface area contributed by atoms with Gasteiger partial charge in [-0.3, -0.25) is 4.68 Å². The van der Waals surface area contributed by atoms with E-state index in [0.29, 0.717) is 5.95 Å². The van der Waals surface area contributed by atoms with Crippen molar-refractivity contribution in [3.63, 3.8) is 0 Å². The third-order valence-corrected chi connectivity index (χ3v) is 4.88. The summed E-state index contributed by atoms with van der Waals surface area (Å²) in [4.78, 5) is 6.78. The van der Waals surface area contributed by atoms with Gasteiger partial charge >= 0.3 is 0 Å². The molecule has 3 aromatic heterocycles. The van der Waals surface area contributed by atoms with Crippen LogP contribution in [0.2, 0.25) is 0 Å². The Labute approximate surface area is 162 Å². The van der Waals surface area contributed by atoms with E-state index in [9.17, 15) is 0 Å². The molecule has 1 aliphatic heterocycles. The number of hydrogen-bond acceptors (Lipinski definition) is 6. The molecule has 0 unspecified atom stereocenters. The molecule has 0 bridgehead atoms. The Balaban J connectivity index is 1.44. The summed E-state index contributed by atoms with van der Waals surface area (Å²) in [7, 11) is 1.91. The van der Waals surface area contributed by atoms with E-state index in [1.807, 2.05) is 54.4 Å². The van der Waals surface area contributed by atoms with E-state index in [-0.39, 0.29) is 0 Å². The number of aromatic nitrogens is 5. The molecular formula is C20H21N7O. The van der Waals surface area contributed by atoms with Gasteiger partial charge in [0.25, 0.3) is 0 Å². The van der Waals surface area contributed by atoms with Gasteiger partial charge in [0.2, 0.25) is 5.95 Å². The van der Waals surface area contributed by atoms with Crippen LogP contribution in [0.3, 0.4) is 0 Å². The number of morpholine rings is 1. The molecule has 0 spiro atoms. The Morgan fingerprint density at radius 1 is 1.07 bits per heavy atom. The van der Waals surface area contributed by atoms with Crippen molar-refractivity contribution in [1.29, 1.82) is 0 Å². The molecule has 4 aromatic rings. The van der Waals surface area contributed by atoms with E-state index in [0.717, 1.165) is 48.8 Å². The van der Waals surface area contributed by atoms with Crippen molar-refractivity contribution in [2.45, 2.75) is 0 Å². The first-order chi connectivity index (χ1) is 13.8. The number of nitrogens with one attached hydrogen (secondary N) is 1. The first-order valence-electron chi connectivity index (χ1n) is 9.30. The van der Waals surface area contributed by atoms with Crippen LogP contribution in [0, 0.1) is 0 Å².